The van der Waals surface area contributed by atoms with E-state index in [1.165, 1.54) is 5.56 Å². The lowest BCUT2D eigenvalue weighted by Crippen LogP contribution is -2.40. The highest BCUT2D eigenvalue weighted by atomic mass is 127. The fraction of sp³-hybridized carbons (Fsp3) is 0.562. The second-order valence-corrected chi connectivity index (χ2v) is 5.14. The highest BCUT2D eigenvalue weighted by Gasteiger charge is 2.15. The Morgan fingerprint density at radius 1 is 1.15 bits per heavy atom. The van der Waals surface area contributed by atoms with Gasteiger partial charge in [-0.25, -0.2) is 0 Å². The largest absolute Gasteiger partial charge is 0.356 e. The molecule has 0 radical (unpaired) electrons. The Hall–Kier alpha value is -0.780. The molecule has 1 aromatic rings. The van der Waals surface area contributed by atoms with Crippen molar-refractivity contribution in [1.82, 2.24) is 10.6 Å². The van der Waals surface area contributed by atoms with Crippen LogP contribution >= 0.6 is 24.0 Å². The number of benzene rings is 1. The van der Waals surface area contributed by atoms with Gasteiger partial charge < -0.3 is 10.6 Å². The van der Waals surface area contributed by atoms with Crippen LogP contribution in [0.15, 0.2) is 35.3 Å². The van der Waals surface area contributed by atoms with Gasteiger partial charge in [-0.3, -0.25) is 4.99 Å². The molecule has 1 atom stereocenters. The maximum Gasteiger partial charge on any atom is 0.190 e. The van der Waals surface area contributed by atoms with Gasteiger partial charge in [-0.05, 0) is 17.9 Å². The second kappa shape index (κ2) is 10.9. The maximum atomic E-state index is 4.24. The molecule has 0 aliphatic rings. The van der Waals surface area contributed by atoms with Gasteiger partial charge in [0.25, 0.3) is 0 Å². The number of aliphatic imine (C=N–C) groups is 1. The van der Waals surface area contributed by atoms with E-state index < -0.39 is 0 Å². The number of rotatable bonds is 6. The van der Waals surface area contributed by atoms with Crippen molar-refractivity contribution in [2.45, 2.75) is 33.1 Å². The summed E-state index contributed by atoms with van der Waals surface area (Å²) in [7, 11) is 1.82. The van der Waals surface area contributed by atoms with Gasteiger partial charge in [0, 0.05) is 26.1 Å². The van der Waals surface area contributed by atoms with Crippen molar-refractivity contribution in [2.75, 3.05) is 20.1 Å². The van der Waals surface area contributed by atoms with Gasteiger partial charge in [-0.2, -0.15) is 0 Å². The number of hydrogen-bond acceptors (Lipinski definition) is 1. The van der Waals surface area contributed by atoms with E-state index in [-0.39, 0.29) is 24.0 Å². The highest BCUT2D eigenvalue weighted by molar-refractivity contribution is 14.0. The average Bonchev–Trinajstić information content (AvgIpc) is 2.43. The van der Waals surface area contributed by atoms with Crippen molar-refractivity contribution in [2.24, 2.45) is 10.9 Å². The van der Waals surface area contributed by atoms with E-state index in [0.29, 0.717) is 11.8 Å². The van der Waals surface area contributed by atoms with E-state index in [4.69, 9.17) is 0 Å². The third kappa shape index (κ3) is 6.59. The first-order chi connectivity index (χ1) is 9.19. The molecule has 1 rings (SSSR count). The van der Waals surface area contributed by atoms with Crippen molar-refractivity contribution < 1.29 is 0 Å². The molecule has 4 heteroatoms. The van der Waals surface area contributed by atoms with Crippen molar-refractivity contribution in [3.05, 3.63) is 35.9 Å². The van der Waals surface area contributed by atoms with Gasteiger partial charge in [-0.15, -0.1) is 24.0 Å². The molecule has 0 saturated heterocycles. The summed E-state index contributed by atoms with van der Waals surface area (Å²) in [4.78, 5) is 4.24. The van der Waals surface area contributed by atoms with E-state index in [1.807, 2.05) is 7.05 Å². The van der Waals surface area contributed by atoms with Crippen molar-refractivity contribution >= 4 is 29.9 Å². The zero-order valence-corrected chi connectivity index (χ0v) is 15.3. The fourth-order valence-corrected chi connectivity index (χ4v) is 2.11. The first kappa shape index (κ1) is 19.2. The third-order valence-electron chi connectivity index (χ3n) is 3.29. The topological polar surface area (TPSA) is 36.4 Å². The van der Waals surface area contributed by atoms with Crippen LogP contribution in [0.5, 0.6) is 0 Å². The standard InChI is InChI=1S/C16H27N3.HI/c1-5-11-18-16(17-4)19-12-15(13(2)3)14-9-7-6-8-10-14;/h6-10,13,15H,5,11-12H2,1-4H3,(H2,17,18,19);1H. The van der Waals surface area contributed by atoms with E-state index in [0.717, 1.165) is 25.5 Å². The number of nitrogens with zero attached hydrogens (tertiary/aromatic N) is 1. The average molecular weight is 389 g/mol. The van der Waals surface area contributed by atoms with Crippen LogP contribution < -0.4 is 10.6 Å². The molecule has 0 amide bonds. The SMILES string of the molecule is CCCNC(=NC)NCC(c1ccccc1)C(C)C.I. The molecule has 1 unspecified atom stereocenters. The number of nitrogens with one attached hydrogen (secondary N) is 2. The van der Waals surface area contributed by atoms with Gasteiger partial charge in [0.2, 0.25) is 0 Å². The van der Waals surface area contributed by atoms with E-state index in [2.05, 4.69) is 66.7 Å². The smallest absolute Gasteiger partial charge is 0.190 e. The lowest BCUT2D eigenvalue weighted by molar-refractivity contribution is 0.488. The minimum Gasteiger partial charge on any atom is -0.356 e. The molecule has 0 fully saturated rings. The quantitative estimate of drug-likeness (QED) is 0.443. The molecule has 0 aliphatic heterocycles. The summed E-state index contributed by atoms with van der Waals surface area (Å²) in [5.74, 6) is 1.99. The van der Waals surface area contributed by atoms with E-state index in [1.54, 1.807) is 0 Å². The van der Waals surface area contributed by atoms with Crippen molar-refractivity contribution in [1.29, 1.82) is 0 Å². The lowest BCUT2D eigenvalue weighted by Gasteiger charge is -2.23. The summed E-state index contributed by atoms with van der Waals surface area (Å²) in [6.07, 6.45) is 1.10. The Balaban J connectivity index is 0.00000361. The summed E-state index contributed by atoms with van der Waals surface area (Å²) >= 11 is 0. The van der Waals surface area contributed by atoms with Gasteiger partial charge >= 0.3 is 0 Å². The Morgan fingerprint density at radius 3 is 2.30 bits per heavy atom. The van der Waals surface area contributed by atoms with Crippen LogP contribution in [0.25, 0.3) is 0 Å². The first-order valence-electron chi connectivity index (χ1n) is 7.18. The molecule has 0 aromatic heterocycles. The minimum absolute atomic E-state index is 0. The molecular weight excluding hydrogens is 361 g/mol. The number of halogens is 1. The summed E-state index contributed by atoms with van der Waals surface area (Å²) in [5, 5.41) is 6.73. The normalized spacial score (nSPS) is 12.8. The molecule has 2 N–H and O–H groups in total. The Labute approximate surface area is 140 Å². The van der Waals surface area contributed by atoms with Crippen molar-refractivity contribution in [3.63, 3.8) is 0 Å². The van der Waals surface area contributed by atoms with Crippen LogP contribution in [0.3, 0.4) is 0 Å². The molecule has 1 aromatic carbocycles. The molecule has 0 saturated carbocycles. The molecule has 3 nitrogen and oxygen atoms in total. The summed E-state index contributed by atoms with van der Waals surface area (Å²) in [6.45, 7) is 8.55. The number of guanidine groups is 1. The molecule has 114 valence electrons. The summed E-state index contributed by atoms with van der Waals surface area (Å²) < 4.78 is 0. The Kier molecular flexibility index (Phi) is 10.5. The summed E-state index contributed by atoms with van der Waals surface area (Å²) in [6, 6.07) is 10.7. The summed E-state index contributed by atoms with van der Waals surface area (Å²) in [5.41, 5.74) is 1.39. The molecule has 0 aliphatic carbocycles. The second-order valence-electron chi connectivity index (χ2n) is 5.14. The Morgan fingerprint density at radius 2 is 1.80 bits per heavy atom. The molecular formula is C16H28IN3. The Bertz CT molecular complexity index is 377. The van der Waals surface area contributed by atoms with Gasteiger partial charge in [0.1, 0.15) is 0 Å². The lowest BCUT2D eigenvalue weighted by atomic mass is 9.88. The zero-order valence-electron chi connectivity index (χ0n) is 13.0. The van der Waals surface area contributed by atoms with Gasteiger partial charge in [0.05, 0.1) is 0 Å². The van der Waals surface area contributed by atoms with E-state index in [9.17, 15) is 0 Å². The molecule has 0 bridgehead atoms. The maximum absolute atomic E-state index is 4.24. The van der Waals surface area contributed by atoms with Crippen LogP contribution in [0.1, 0.15) is 38.7 Å². The van der Waals surface area contributed by atoms with Crippen LogP contribution in [0.2, 0.25) is 0 Å². The van der Waals surface area contributed by atoms with Crippen molar-refractivity contribution in [3.8, 4) is 0 Å². The van der Waals surface area contributed by atoms with Crippen LogP contribution in [0, 0.1) is 5.92 Å². The third-order valence-corrected chi connectivity index (χ3v) is 3.29. The predicted octanol–water partition coefficient (Wildman–Crippen LogP) is 3.62. The predicted molar refractivity (Wildman–Crippen MR) is 99.1 cm³/mol. The first-order valence-corrected chi connectivity index (χ1v) is 7.18. The van der Waals surface area contributed by atoms with Crippen LogP contribution in [-0.2, 0) is 0 Å². The van der Waals surface area contributed by atoms with E-state index >= 15 is 0 Å². The van der Waals surface area contributed by atoms with Crippen LogP contribution in [-0.4, -0.2) is 26.1 Å². The molecule has 0 heterocycles. The molecule has 20 heavy (non-hydrogen) atoms. The minimum atomic E-state index is 0. The van der Waals surface area contributed by atoms with Crippen LogP contribution in [0.4, 0.5) is 0 Å². The van der Waals surface area contributed by atoms with Gasteiger partial charge in [0.15, 0.2) is 5.96 Å². The van der Waals surface area contributed by atoms with Gasteiger partial charge in [-0.1, -0.05) is 51.1 Å². The monoisotopic (exact) mass is 389 g/mol. The highest BCUT2D eigenvalue weighted by Crippen LogP contribution is 2.23. The fourth-order valence-electron chi connectivity index (χ4n) is 2.11. The molecule has 0 spiro atoms. The number of hydrogen-bond donors (Lipinski definition) is 2. The zero-order chi connectivity index (χ0) is 14.1.